The van der Waals surface area contributed by atoms with Crippen LogP contribution in [0.2, 0.25) is 0 Å². The molecule has 2 aliphatic carbocycles. The number of hydrogen-bond acceptors (Lipinski definition) is 1. The van der Waals surface area contributed by atoms with Crippen molar-refractivity contribution in [2.45, 2.75) is 0 Å². The molecule has 2 N–H and O–H groups in total. The van der Waals surface area contributed by atoms with Crippen molar-refractivity contribution in [2.24, 2.45) is 0 Å². The van der Waals surface area contributed by atoms with Crippen LogP contribution in [-0.4, -0.2) is 0 Å². The standard InChI is InChI=1S/C32H19F2N/c33-20-8-13-24-25-14-9-21(34)17-30(25)32(29(24)16-20)27-12-7-19-15-28(18-5-10-22(35)11-6-18)23-3-1-2-4-26(23)31(19)27/h1-17H,35H2. The first-order valence-electron chi connectivity index (χ1n) is 11.5. The maximum atomic E-state index is 14.4. The van der Waals surface area contributed by atoms with Gasteiger partial charge in [0.15, 0.2) is 0 Å². The quantitative estimate of drug-likeness (QED) is 0.248. The van der Waals surface area contributed by atoms with Gasteiger partial charge in [0, 0.05) is 5.69 Å². The molecule has 0 amide bonds. The van der Waals surface area contributed by atoms with Crippen LogP contribution in [0.1, 0.15) is 22.3 Å². The van der Waals surface area contributed by atoms with Crippen LogP contribution < -0.4 is 5.73 Å². The molecule has 2 aliphatic rings. The Morgan fingerprint density at radius 1 is 0.543 bits per heavy atom. The number of rotatable bonds is 1. The van der Waals surface area contributed by atoms with Crippen LogP contribution in [0.15, 0.2) is 97.1 Å². The largest absolute Gasteiger partial charge is 0.399 e. The molecule has 0 aliphatic heterocycles. The number of nitrogen functional groups attached to an aromatic ring is 1. The number of nitrogens with two attached hydrogens (primary N) is 1. The third kappa shape index (κ3) is 2.91. The summed E-state index contributed by atoms with van der Waals surface area (Å²) in [5.74, 6) is -0.609. The van der Waals surface area contributed by atoms with Crippen molar-refractivity contribution in [3.63, 3.8) is 0 Å². The highest BCUT2D eigenvalue weighted by atomic mass is 19.1. The van der Waals surface area contributed by atoms with Crippen molar-refractivity contribution in [3.8, 4) is 22.3 Å². The zero-order valence-electron chi connectivity index (χ0n) is 18.6. The summed E-state index contributed by atoms with van der Waals surface area (Å²) in [4.78, 5) is 0. The topological polar surface area (TPSA) is 26.0 Å². The molecule has 0 spiro atoms. The summed E-state index contributed by atoms with van der Waals surface area (Å²) in [5, 5.41) is 2.22. The maximum absolute atomic E-state index is 14.4. The molecule has 1 nitrogen and oxygen atoms in total. The van der Waals surface area contributed by atoms with E-state index in [4.69, 9.17) is 5.73 Å². The lowest BCUT2D eigenvalue weighted by Gasteiger charge is -2.15. The van der Waals surface area contributed by atoms with Crippen LogP contribution >= 0.6 is 0 Å². The maximum Gasteiger partial charge on any atom is 0.123 e. The highest BCUT2D eigenvalue weighted by molar-refractivity contribution is 6.20. The van der Waals surface area contributed by atoms with Crippen LogP contribution in [0.5, 0.6) is 0 Å². The van der Waals surface area contributed by atoms with Gasteiger partial charge in [0.05, 0.1) is 0 Å². The number of fused-ring (bicyclic) bond motifs is 6. The zero-order valence-corrected chi connectivity index (χ0v) is 18.6. The molecule has 0 aromatic heterocycles. The minimum absolute atomic E-state index is 0.305. The lowest BCUT2D eigenvalue weighted by Crippen LogP contribution is -1.93. The Kier molecular flexibility index (Phi) is 4.13. The van der Waals surface area contributed by atoms with E-state index < -0.39 is 0 Å². The smallest absolute Gasteiger partial charge is 0.123 e. The van der Waals surface area contributed by atoms with E-state index in [0.717, 1.165) is 72.1 Å². The summed E-state index contributed by atoms with van der Waals surface area (Å²) >= 11 is 0. The average Bonchev–Trinajstić information content (AvgIpc) is 3.42. The van der Waals surface area contributed by atoms with Crippen molar-refractivity contribution in [1.82, 2.24) is 0 Å². The van der Waals surface area contributed by atoms with Crippen molar-refractivity contribution < 1.29 is 8.78 Å². The Bertz CT molecular complexity index is 1700. The Morgan fingerprint density at radius 2 is 1.17 bits per heavy atom. The Labute approximate surface area is 201 Å². The first-order valence-corrected chi connectivity index (χ1v) is 11.5. The number of halogens is 2. The van der Waals surface area contributed by atoms with Gasteiger partial charge in [0.1, 0.15) is 11.6 Å². The van der Waals surface area contributed by atoms with E-state index >= 15 is 0 Å². The fourth-order valence-electron chi connectivity index (χ4n) is 5.55. The number of allylic oxidation sites excluding steroid dienone is 2. The molecular formula is C32H19F2N. The fraction of sp³-hybridized carbons (Fsp3) is 0. The minimum atomic E-state index is -0.305. The number of anilines is 1. The molecular weight excluding hydrogens is 436 g/mol. The first kappa shape index (κ1) is 19.9. The van der Waals surface area contributed by atoms with Crippen LogP contribution in [0.4, 0.5) is 14.5 Å². The first-order chi connectivity index (χ1) is 17.1. The van der Waals surface area contributed by atoms with Gasteiger partial charge in [-0.25, -0.2) is 8.78 Å². The van der Waals surface area contributed by atoms with E-state index in [1.54, 1.807) is 24.3 Å². The van der Waals surface area contributed by atoms with Crippen molar-refractivity contribution >= 4 is 33.7 Å². The molecule has 0 bridgehead atoms. The molecule has 3 heteroatoms. The van der Waals surface area contributed by atoms with E-state index in [9.17, 15) is 8.78 Å². The van der Waals surface area contributed by atoms with Gasteiger partial charge >= 0.3 is 0 Å². The Hall–Kier alpha value is -4.50. The van der Waals surface area contributed by atoms with Crippen LogP contribution in [0.25, 0.3) is 50.2 Å². The summed E-state index contributed by atoms with van der Waals surface area (Å²) in [7, 11) is 0. The zero-order chi connectivity index (χ0) is 23.7. The van der Waals surface area contributed by atoms with Crippen LogP contribution in [0.3, 0.4) is 0 Å². The van der Waals surface area contributed by atoms with E-state index in [2.05, 4.69) is 30.4 Å². The van der Waals surface area contributed by atoms with Gasteiger partial charge in [-0.05, 0) is 109 Å². The van der Waals surface area contributed by atoms with Crippen molar-refractivity contribution in [2.75, 3.05) is 5.73 Å². The lowest BCUT2D eigenvalue weighted by molar-refractivity contribution is 0.627. The predicted molar refractivity (Wildman–Crippen MR) is 141 cm³/mol. The van der Waals surface area contributed by atoms with E-state index in [0.29, 0.717) is 0 Å². The normalized spacial score (nSPS) is 13.3. The van der Waals surface area contributed by atoms with Gasteiger partial charge in [-0.15, -0.1) is 0 Å². The molecule has 0 atom stereocenters. The molecule has 0 radical (unpaired) electrons. The van der Waals surface area contributed by atoms with E-state index in [-0.39, 0.29) is 11.6 Å². The second kappa shape index (κ2) is 7.25. The Balaban J connectivity index is 1.56. The van der Waals surface area contributed by atoms with Crippen molar-refractivity contribution in [1.29, 1.82) is 0 Å². The molecule has 0 fully saturated rings. The van der Waals surface area contributed by atoms with Gasteiger partial charge in [-0.2, -0.15) is 0 Å². The van der Waals surface area contributed by atoms with Crippen LogP contribution in [0, 0.1) is 11.6 Å². The third-order valence-corrected chi connectivity index (χ3v) is 7.06. The van der Waals surface area contributed by atoms with Gasteiger partial charge in [0.2, 0.25) is 0 Å². The summed E-state index contributed by atoms with van der Waals surface area (Å²) < 4.78 is 28.8. The Morgan fingerprint density at radius 3 is 1.83 bits per heavy atom. The summed E-state index contributed by atoms with van der Waals surface area (Å²) in [6, 6.07) is 28.0. The SMILES string of the molecule is Nc1ccc(-c2cc3c(c4ccccc24)C(=C2c4cc(F)ccc4-c4ccc(F)cc42)C=C3)cc1. The van der Waals surface area contributed by atoms with Crippen molar-refractivity contribution in [3.05, 3.63) is 131 Å². The second-order valence-corrected chi connectivity index (χ2v) is 9.06. The minimum Gasteiger partial charge on any atom is -0.399 e. The monoisotopic (exact) mass is 455 g/mol. The number of benzene rings is 5. The highest BCUT2D eigenvalue weighted by Gasteiger charge is 2.30. The van der Waals surface area contributed by atoms with E-state index in [1.807, 2.05) is 36.4 Å². The predicted octanol–water partition coefficient (Wildman–Crippen LogP) is 8.33. The summed E-state index contributed by atoms with van der Waals surface area (Å²) in [5.41, 5.74) is 16.3. The summed E-state index contributed by atoms with van der Waals surface area (Å²) in [6.45, 7) is 0. The molecule has 7 rings (SSSR count). The molecule has 0 heterocycles. The molecule has 166 valence electrons. The highest BCUT2D eigenvalue weighted by Crippen LogP contribution is 2.51. The summed E-state index contributed by atoms with van der Waals surface area (Å²) in [6.07, 6.45) is 4.18. The van der Waals surface area contributed by atoms with Gasteiger partial charge in [-0.1, -0.05) is 60.7 Å². The molecule has 0 saturated heterocycles. The van der Waals surface area contributed by atoms with Gasteiger partial charge < -0.3 is 5.73 Å². The molecule has 0 saturated carbocycles. The number of hydrogen-bond donors (Lipinski definition) is 1. The molecule has 35 heavy (non-hydrogen) atoms. The van der Waals surface area contributed by atoms with E-state index in [1.165, 1.54) is 12.1 Å². The van der Waals surface area contributed by atoms with Gasteiger partial charge in [-0.3, -0.25) is 0 Å². The molecule has 5 aromatic rings. The lowest BCUT2D eigenvalue weighted by atomic mass is 9.88. The fourth-order valence-corrected chi connectivity index (χ4v) is 5.55. The van der Waals surface area contributed by atoms with Gasteiger partial charge in [0.25, 0.3) is 0 Å². The average molecular weight is 456 g/mol. The van der Waals surface area contributed by atoms with Crippen LogP contribution in [-0.2, 0) is 0 Å². The second-order valence-electron chi connectivity index (χ2n) is 9.06. The molecule has 0 unspecified atom stereocenters. The molecule has 5 aromatic carbocycles. The third-order valence-electron chi connectivity index (χ3n) is 7.06.